The van der Waals surface area contributed by atoms with Crippen molar-refractivity contribution in [2.45, 2.75) is 31.8 Å². The first-order valence-corrected chi connectivity index (χ1v) is 11.5. The summed E-state index contributed by atoms with van der Waals surface area (Å²) in [4.78, 5) is 27.5. The van der Waals surface area contributed by atoms with E-state index < -0.39 is 0 Å². The van der Waals surface area contributed by atoms with Crippen LogP contribution in [0.25, 0.3) is 11.3 Å². The van der Waals surface area contributed by atoms with Gasteiger partial charge in [-0.05, 0) is 42.3 Å². The minimum atomic E-state index is -0.0198. The van der Waals surface area contributed by atoms with Crippen LogP contribution in [0.5, 0.6) is 5.75 Å². The second-order valence-electron chi connectivity index (χ2n) is 8.48. The minimum absolute atomic E-state index is 0.0198. The van der Waals surface area contributed by atoms with Gasteiger partial charge in [0.05, 0.1) is 24.5 Å². The molecule has 0 spiro atoms. The van der Waals surface area contributed by atoms with Crippen molar-refractivity contribution in [3.05, 3.63) is 71.4 Å². The van der Waals surface area contributed by atoms with Gasteiger partial charge in [-0.1, -0.05) is 6.07 Å². The Morgan fingerprint density at radius 2 is 2.00 bits per heavy atom. The number of benzene rings is 1. The molecule has 1 aromatic carbocycles. The zero-order chi connectivity index (χ0) is 23.3. The summed E-state index contributed by atoms with van der Waals surface area (Å²) in [7, 11) is 0. The predicted octanol–water partition coefficient (Wildman–Crippen LogP) is 3.40. The number of hydrogen-bond donors (Lipinski definition) is 0. The van der Waals surface area contributed by atoms with E-state index >= 15 is 0 Å². The Hall–Kier alpha value is -3.83. The van der Waals surface area contributed by atoms with Gasteiger partial charge in [-0.25, -0.2) is 9.97 Å². The van der Waals surface area contributed by atoms with Crippen molar-refractivity contribution in [2.75, 3.05) is 26.3 Å². The largest absolute Gasteiger partial charge is 0.489 e. The van der Waals surface area contributed by atoms with Gasteiger partial charge in [0.25, 0.3) is 5.91 Å². The Morgan fingerprint density at radius 1 is 1.15 bits per heavy atom. The molecular weight excluding hydrogens is 430 g/mol. The van der Waals surface area contributed by atoms with Crippen molar-refractivity contribution in [1.29, 1.82) is 5.26 Å². The standard InChI is InChI=1S/C26H25N5O3/c27-16-20-15-19(3-5-24(20)34-21-7-12-33-13-8-21)22-6-9-28-25(30-22)14-18-2-4-23(29-17-18)26(32)31-10-1-11-31/h2-6,9,15,17,21H,1,7-8,10-14H2. The van der Waals surface area contributed by atoms with E-state index in [0.717, 1.165) is 49.2 Å². The Labute approximate surface area is 198 Å². The first kappa shape index (κ1) is 22.0. The Morgan fingerprint density at radius 3 is 2.71 bits per heavy atom. The number of nitrogens with zero attached hydrogens (tertiary/aromatic N) is 5. The Bertz CT molecular complexity index is 1210. The van der Waals surface area contributed by atoms with Gasteiger partial charge in [-0.2, -0.15) is 5.26 Å². The van der Waals surface area contributed by atoms with Crippen LogP contribution in [-0.4, -0.2) is 58.2 Å². The number of ether oxygens (including phenoxy) is 2. The molecule has 0 unspecified atom stereocenters. The number of nitriles is 1. The molecule has 4 heterocycles. The third-order valence-electron chi connectivity index (χ3n) is 6.11. The van der Waals surface area contributed by atoms with Gasteiger partial charge in [0, 0.05) is 50.3 Å². The van der Waals surface area contributed by atoms with Gasteiger partial charge in [0.1, 0.15) is 29.4 Å². The van der Waals surface area contributed by atoms with Gasteiger partial charge in [0.15, 0.2) is 0 Å². The van der Waals surface area contributed by atoms with Crippen LogP contribution in [0, 0.1) is 11.3 Å². The summed E-state index contributed by atoms with van der Waals surface area (Å²) < 4.78 is 11.4. The van der Waals surface area contributed by atoms with Crippen LogP contribution >= 0.6 is 0 Å². The molecule has 172 valence electrons. The van der Waals surface area contributed by atoms with Crippen LogP contribution in [0.15, 0.2) is 48.8 Å². The molecule has 3 aromatic rings. The number of likely N-dealkylation sites (tertiary alicyclic amines) is 1. The molecule has 8 heteroatoms. The molecule has 0 N–H and O–H groups in total. The highest BCUT2D eigenvalue weighted by molar-refractivity contribution is 5.92. The first-order valence-electron chi connectivity index (χ1n) is 11.5. The molecule has 0 radical (unpaired) electrons. The highest BCUT2D eigenvalue weighted by Gasteiger charge is 2.22. The van der Waals surface area contributed by atoms with E-state index in [4.69, 9.17) is 9.47 Å². The molecule has 0 saturated carbocycles. The molecule has 2 aliphatic rings. The lowest BCUT2D eigenvalue weighted by Gasteiger charge is -2.30. The zero-order valence-corrected chi connectivity index (χ0v) is 18.8. The Balaban J connectivity index is 1.29. The van der Waals surface area contributed by atoms with Crippen LogP contribution in [0.2, 0.25) is 0 Å². The summed E-state index contributed by atoms with van der Waals surface area (Å²) in [5.74, 6) is 1.21. The summed E-state index contributed by atoms with van der Waals surface area (Å²) in [6.45, 7) is 2.97. The monoisotopic (exact) mass is 455 g/mol. The van der Waals surface area contributed by atoms with Crippen LogP contribution in [0.1, 0.15) is 46.7 Å². The quantitative estimate of drug-likeness (QED) is 0.561. The number of aromatic nitrogens is 3. The molecule has 5 rings (SSSR count). The van der Waals surface area contributed by atoms with Gasteiger partial charge in [-0.3, -0.25) is 9.78 Å². The minimum Gasteiger partial charge on any atom is -0.489 e. The average molecular weight is 456 g/mol. The van der Waals surface area contributed by atoms with E-state index in [1.165, 1.54) is 0 Å². The van der Waals surface area contributed by atoms with Crippen LogP contribution in [-0.2, 0) is 11.2 Å². The lowest BCUT2D eigenvalue weighted by Crippen LogP contribution is -2.42. The molecule has 1 amide bonds. The molecule has 34 heavy (non-hydrogen) atoms. The highest BCUT2D eigenvalue weighted by Crippen LogP contribution is 2.27. The van der Waals surface area contributed by atoms with Gasteiger partial charge in [0.2, 0.25) is 0 Å². The van der Waals surface area contributed by atoms with Crippen molar-refractivity contribution in [3.8, 4) is 23.1 Å². The van der Waals surface area contributed by atoms with E-state index in [2.05, 4.69) is 21.0 Å². The molecule has 2 aliphatic heterocycles. The zero-order valence-electron chi connectivity index (χ0n) is 18.8. The molecule has 2 aromatic heterocycles. The summed E-state index contributed by atoms with van der Waals surface area (Å²) in [5, 5.41) is 9.66. The van der Waals surface area contributed by atoms with E-state index in [1.807, 2.05) is 24.3 Å². The van der Waals surface area contributed by atoms with Crippen molar-refractivity contribution >= 4 is 5.91 Å². The number of pyridine rings is 1. The van der Waals surface area contributed by atoms with Gasteiger partial charge in [-0.15, -0.1) is 0 Å². The molecule has 8 nitrogen and oxygen atoms in total. The molecule has 2 saturated heterocycles. The summed E-state index contributed by atoms with van der Waals surface area (Å²) in [5.41, 5.74) is 3.43. The summed E-state index contributed by atoms with van der Waals surface area (Å²) in [6.07, 6.45) is 6.69. The molecule has 0 bridgehead atoms. The lowest BCUT2D eigenvalue weighted by atomic mass is 10.1. The SMILES string of the molecule is N#Cc1cc(-c2ccnc(Cc3ccc(C(=O)N4CCC4)nc3)n2)ccc1OC1CCOCC1. The Kier molecular flexibility index (Phi) is 6.45. The molecular formula is C26H25N5O3. The summed E-state index contributed by atoms with van der Waals surface area (Å²) in [6, 6.07) is 13.3. The number of rotatable bonds is 6. The van der Waals surface area contributed by atoms with Gasteiger partial charge >= 0.3 is 0 Å². The molecule has 0 atom stereocenters. The number of carbonyl (C=O) groups excluding carboxylic acids is 1. The topological polar surface area (TPSA) is 101 Å². The van der Waals surface area contributed by atoms with Gasteiger partial charge < -0.3 is 14.4 Å². The number of carbonyl (C=O) groups is 1. The maximum absolute atomic E-state index is 12.3. The van der Waals surface area contributed by atoms with E-state index in [0.29, 0.717) is 42.5 Å². The fourth-order valence-corrected chi connectivity index (χ4v) is 4.02. The third kappa shape index (κ3) is 4.90. The smallest absolute Gasteiger partial charge is 0.272 e. The fourth-order valence-electron chi connectivity index (χ4n) is 4.02. The number of amides is 1. The van der Waals surface area contributed by atoms with Crippen molar-refractivity contribution in [1.82, 2.24) is 19.9 Å². The predicted molar refractivity (Wildman–Crippen MR) is 124 cm³/mol. The van der Waals surface area contributed by atoms with Crippen LogP contribution in [0.3, 0.4) is 0 Å². The maximum atomic E-state index is 12.3. The number of hydrogen-bond acceptors (Lipinski definition) is 7. The van der Waals surface area contributed by atoms with Crippen LogP contribution < -0.4 is 4.74 Å². The normalized spacial score (nSPS) is 15.9. The fraction of sp³-hybridized carbons (Fsp3) is 0.346. The molecule has 2 fully saturated rings. The van der Waals surface area contributed by atoms with E-state index in [1.54, 1.807) is 29.4 Å². The van der Waals surface area contributed by atoms with Crippen molar-refractivity contribution in [3.63, 3.8) is 0 Å². The second kappa shape index (κ2) is 9.98. The first-order chi connectivity index (χ1) is 16.7. The highest BCUT2D eigenvalue weighted by atomic mass is 16.5. The third-order valence-corrected chi connectivity index (χ3v) is 6.11. The van der Waals surface area contributed by atoms with E-state index in [9.17, 15) is 10.1 Å². The van der Waals surface area contributed by atoms with E-state index in [-0.39, 0.29) is 12.0 Å². The van der Waals surface area contributed by atoms with Crippen molar-refractivity contribution < 1.29 is 14.3 Å². The average Bonchev–Trinajstić information content (AvgIpc) is 2.84. The second-order valence-corrected chi connectivity index (χ2v) is 8.48. The maximum Gasteiger partial charge on any atom is 0.272 e. The van der Waals surface area contributed by atoms with Crippen LogP contribution in [0.4, 0.5) is 0 Å². The summed E-state index contributed by atoms with van der Waals surface area (Å²) >= 11 is 0. The lowest BCUT2D eigenvalue weighted by molar-refractivity contribution is 0.0254. The van der Waals surface area contributed by atoms with Crippen molar-refractivity contribution in [2.24, 2.45) is 0 Å². The molecule has 0 aliphatic carbocycles.